The fourth-order valence-corrected chi connectivity index (χ4v) is 4.25. The molecule has 1 saturated heterocycles. The molecule has 6 heteroatoms. The Kier molecular flexibility index (Phi) is 4.72. The van der Waals surface area contributed by atoms with Gasteiger partial charge in [-0.15, -0.1) is 0 Å². The molecule has 1 heterocycles. The second kappa shape index (κ2) is 6.04. The van der Waals surface area contributed by atoms with Crippen LogP contribution in [0, 0.1) is 0 Å². The van der Waals surface area contributed by atoms with Gasteiger partial charge in [0, 0.05) is 19.6 Å². The molecule has 5 nitrogen and oxygen atoms in total. The predicted molar refractivity (Wildman–Crippen MR) is 82.5 cm³/mol. The molecular formula is C15H24N2O3S. The van der Waals surface area contributed by atoms with Gasteiger partial charge >= 0.3 is 0 Å². The van der Waals surface area contributed by atoms with Crippen molar-refractivity contribution in [2.45, 2.75) is 44.2 Å². The number of hydrogen-bond donors (Lipinski definition) is 1. The Bertz CT molecular complexity index is 611. The largest absolute Gasteiger partial charge is 0.373 e. The molecule has 0 saturated carbocycles. The summed E-state index contributed by atoms with van der Waals surface area (Å²) in [6.45, 7) is 7.36. The summed E-state index contributed by atoms with van der Waals surface area (Å²) in [5.74, 6) is 0. The van der Waals surface area contributed by atoms with Crippen LogP contribution in [0.3, 0.4) is 0 Å². The van der Waals surface area contributed by atoms with E-state index in [9.17, 15) is 8.42 Å². The second-order valence-corrected chi connectivity index (χ2v) is 7.87. The lowest BCUT2D eigenvalue weighted by molar-refractivity contribution is -0.0640. The number of sulfonamides is 1. The Morgan fingerprint density at radius 1 is 1.33 bits per heavy atom. The lowest BCUT2D eigenvalue weighted by Gasteiger charge is -2.37. The molecule has 1 aliphatic rings. The van der Waals surface area contributed by atoms with Crippen LogP contribution in [0.25, 0.3) is 0 Å². The molecule has 0 aromatic heterocycles. The van der Waals surface area contributed by atoms with Gasteiger partial charge in [0.25, 0.3) is 0 Å². The van der Waals surface area contributed by atoms with Gasteiger partial charge in [-0.3, -0.25) is 0 Å². The average Bonchev–Trinajstić information content (AvgIpc) is 2.45. The summed E-state index contributed by atoms with van der Waals surface area (Å²) >= 11 is 0. The first-order chi connectivity index (χ1) is 9.80. The highest BCUT2D eigenvalue weighted by molar-refractivity contribution is 7.89. The molecule has 0 unspecified atom stereocenters. The van der Waals surface area contributed by atoms with Gasteiger partial charge in [-0.2, -0.15) is 4.31 Å². The van der Waals surface area contributed by atoms with Crippen LogP contribution in [0.5, 0.6) is 0 Å². The highest BCUT2D eigenvalue weighted by Crippen LogP contribution is 2.25. The molecule has 1 aliphatic heterocycles. The number of morpholine rings is 1. The van der Waals surface area contributed by atoms with Gasteiger partial charge in [-0.1, -0.05) is 13.0 Å². The maximum atomic E-state index is 12.8. The van der Waals surface area contributed by atoms with Crippen LogP contribution < -0.4 is 5.73 Å². The Hall–Kier alpha value is -0.950. The number of nitrogens with zero attached hydrogens (tertiary/aromatic N) is 1. The van der Waals surface area contributed by atoms with Crippen molar-refractivity contribution in [1.29, 1.82) is 0 Å². The van der Waals surface area contributed by atoms with Gasteiger partial charge in [-0.25, -0.2) is 8.42 Å². The molecule has 1 aromatic carbocycles. The summed E-state index contributed by atoms with van der Waals surface area (Å²) < 4.78 is 32.6. The minimum Gasteiger partial charge on any atom is -0.373 e. The molecule has 1 aromatic rings. The maximum Gasteiger partial charge on any atom is 0.243 e. The molecule has 2 rings (SSSR count). The molecule has 0 spiro atoms. The van der Waals surface area contributed by atoms with E-state index in [1.807, 2.05) is 26.8 Å². The molecular weight excluding hydrogens is 288 g/mol. The van der Waals surface area contributed by atoms with Crippen molar-refractivity contribution < 1.29 is 13.2 Å². The van der Waals surface area contributed by atoms with E-state index in [2.05, 4.69) is 0 Å². The van der Waals surface area contributed by atoms with Crippen molar-refractivity contribution in [3.05, 3.63) is 29.3 Å². The zero-order chi connectivity index (χ0) is 15.7. The minimum atomic E-state index is -3.49. The van der Waals surface area contributed by atoms with Gasteiger partial charge in [0.2, 0.25) is 10.0 Å². The summed E-state index contributed by atoms with van der Waals surface area (Å²) in [7, 11) is -3.49. The molecule has 0 amide bonds. The van der Waals surface area contributed by atoms with Gasteiger partial charge in [-0.05, 0) is 43.5 Å². The standard InChI is InChI=1S/C15H24N2O3S/c1-4-12-5-6-14(9-13(12)10-16)21(18,19)17-7-8-20-15(2,3)11-17/h5-6,9H,4,7-8,10-11,16H2,1-3H3. The van der Waals surface area contributed by atoms with Crippen molar-refractivity contribution >= 4 is 10.0 Å². The molecule has 118 valence electrons. The smallest absolute Gasteiger partial charge is 0.243 e. The lowest BCUT2D eigenvalue weighted by Crippen LogP contribution is -2.50. The van der Waals surface area contributed by atoms with Gasteiger partial charge in [0.15, 0.2) is 0 Å². The topological polar surface area (TPSA) is 72.6 Å². The van der Waals surface area contributed by atoms with E-state index < -0.39 is 15.6 Å². The van der Waals surface area contributed by atoms with E-state index in [1.165, 1.54) is 4.31 Å². The quantitative estimate of drug-likeness (QED) is 0.914. The van der Waals surface area contributed by atoms with Crippen LogP contribution in [0.15, 0.2) is 23.1 Å². The van der Waals surface area contributed by atoms with Gasteiger partial charge < -0.3 is 10.5 Å². The summed E-state index contributed by atoms with van der Waals surface area (Å²) in [4.78, 5) is 0.317. The highest BCUT2D eigenvalue weighted by atomic mass is 32.2. The third kappa shape index (κ3) is 3.45. The van der Waals surface area contributed by atoms with Gasteiger partial charge in [0.1, 0.15) is 0 Å². The monoisotopic (exact) mass is 312 g/mol. The zero-order valence-electron chi connectivity index (χ0n) is 12.9. The van der Waals surface area contributed by atoms with E-state index in [1.54, 1.807) is 12.1 Å². The Labute approximate surface area is 127 Å². The van der Waals surface area contributed by atoms with Crippen LogP contribution in [0.4, 0.5) is 0 Å². The van der Waals surface area contributed by atoms with Crippen LogP contribution in [-0.2, 0) is 27.7 Å². The van der Waals surface area contributed by atoms with Crippen molar-refractivity contribution in [2.24, 2.45) is 5.73 Å². The minimum absolute atomic E-state index is 0.317. The van der Waals surface area contributed by atoms with Gasteiger partial charge in [0.05, 0.1) is 17.1 Å². The van der Waals surface area contributed by atoms with E-state index in [-0.39, 0.29) is 0 Å². The molecule has 0 aliphatic carbocycles. The number of benzene rings is 1. The predicted octanol–water partition coefficient (Wildman–Crippen LogP) is 1.51. The van der Waals surface area contributed by atoms with Crippen LogP contribution in [0.2, 0.25) is 0 Å². The first kappa shape index (κ1) is 16.4. The highest BCUT2D eigenvalue weighted by Gasteiger charge is 2.35. The van der Waals surface area contributed by atoms with Crippen LogP contribution in [-0.4, -0.2) is 38.0 Å². The molecule has 0 radical (unpaired) electrons. The summed E-state index contributed by atoms with van der Waals surface area (Å²) in [6, 6.07) is 5.24. The average molecular weight is 312 g/mol. The number of hydrogen-bond acceptors (Lipinski definition) is 4. The molecule has 0 bridgehead atoms. The third-order valence-corrected chi connectivity index (χ3v) is 5.65. The van der Waals surface area contributed by atoms with E-state index in [0.717, 1.165) is 17.5 Å². The second-order valence-electron chi connectivity index (χ2n) is 5.93. The van der Waals surface area contributed by atoms with Crippen molar-refractivity contribution in [2.75, 3.05) is 19.7 Å². The van der Waals surface area contributed by atoms with E-state index in [0.29, 0.717) is 31.1 Å². The SMILES string of the molecule is CCc1ccc(S(=O)(=O)N2CCOC(C)(C)C2)cc1CN. The summed E-state index contributed by atoms with van der Waals surface area (Å²) in [6.07, 6.45) is 0.845. The van der Waals surface area contributed by atoms with E-state index in [4.69, 9.17) is 10.5 Å². The molecule has 2 N–H and O–H groups in total. The van der Waals surface area contributed by atoms with Crippen molar-refractivity contribution in [1.82, 2.24) is 4.31 Å². The number of ether oxygens (including phenoxy) is 1. The number of aryl methyl sites for hydroxylation is 1. The normalized spacial score (nSPS) is 19.6. The number of nitrogens with two attached hydrogens (primary N) is 1. The first-order valence-corrected chi connectivity index (χ1v) is 8.70. The van der Waals surface area contributed by atoms with Crippen molar-refractivity contribution in [3.8, 4) is 0 Å². The molecule has 1 fully saturated rings. The Balaban J connectivity index is 2.35. The Morgan fingerprint density at radius 2 is 2.05 bits per heavy atom. The Morgan fingerprint density at radius 3 is 2.62 bits per heavy atom. The molecule has 21 heavy (non-hydrogen) atoms. The van der Waals surface area contributed by atoms with Crippen LogP contribution >= 0.6 is 0 Å². The fourth-order valence-electron chi connectivity index (χ4n) is 2.63. The summed E-state index contributed by atoms with van der Waals surface area (Å²) in [5.41, 5.74) is 7.27. The zero-order valence-corrected chi connectivity index (χ0v) is 13.7. The lowest BCUT2D eigenvalue weighted by atomic mass is 10.1. The first-order valence-electron chi connectivity index (χ1n) is 7.26. The van der Waals surface area contributed by atoms with E-state index >= 15 is 0 Å². The fraction of sp³-hybridized carbons (Fsp3) is 0.600. The van der Waals surface area contributed by atoms with Crippen LogP contribution in [0.1, 0.15) is 31.9 Å². The third-order valence-electron chi connectivity index (χ3n) is 3.81. The van der Waals surface area contributed by atoms with Crippen molar-refractivity contribution in [3.63, 3.8) is 0 Å². The summed E-state index contributed by atoms with van der Waals surface area (Å²) in [5, 5.41) is 0. The number of rotatable bonds is 4. The maximum absolute atomic E-state index is 12.8. The molecule has 0 atom stereocenters.